The van der Waals surface area contributed by atoms with Crippen molar-refractivity contribution in [2.75, 3.05) is 20.1 Å². The van der Waals surface area contributed by atoms with Crippen molar-refractivity contribution in [1.29, 1.82) is 0 Å². The van der Waals surface area contributed by atoms with Crippen LogP contribution in [-0.2, 0) is 6.54 Å². The molecule has 4 nitrogen and oxygen atoms in total. The van der Waals surface area contributed by atoms with E-state index in [0.717, 1.165) is 32.0 Å². The lowest BCUT2D eigenvalue weighted by atomic mass is 10.1. The van der Waals surface area contributed by atoms with Gasteiger partial charge in [-0.05, 0) is 46.6 Å². The van der Waals surface area contributed by atoms with Crippen molar-refractivity contribution in [3.63, 3.8) is 0 Å². The maximum Gasteiger partial charge on any atom is 0.191 e. The van der Waals surface area contributed by atoms with Crippen molar-refractivity contribution in [2.45, 2.75) is 59.7 Å². The first-order valence-electron chi connectivity index (χ1n) is 8.69. The van der Waals surface area contributed by atoms with Gasteiger partial charge in [-0.2, -0.15) is 0 Å². The topological polar surface area (TPSA) is 39.7 Å². The van der Waals surface area contributed by atoms with Crippen molar-refractivity contribution in [3.8, 4) is 0 Å². The quantitative estimate of drug-likeness (QED) is 0.439. The summed E-state index contributed by atoms with van der Waals surface area (Å²) < 4.78 is 0. The fraction of sp³-hybridized carbons (Fsp3) is 0.632. The molecule has 4 heteroatoms. The molecule has 0 aliphatic carbocycles. The Morgan fingerprint density at radius 3 is 2.39 bits per heavy atom. The third-order valence-corrected chi connectivity index (χ3v) is 3.98. The van der Waals surface area contributed by atoms with Gasteiger partial charge in [0.2, 0.25) is 0 Å². The van der Waals surface area contributed by atoms with Gasteiger partial charge in [0, 0.05) is 38.8 Å². The number of hydrogen-bond donors (Lipinski definition) is 2. The number of hydrogen-bond acceptors (Lipinski definition) is 2. The summed E-state index contributed by atoms with van der Waals surface area (Å²) in [6.07, 6.45) is 1.11. The largest absolute Gasteiger partial charge is 0.356 e. The van der Waals surface area contributed by atoms with E-state index < -0.39 is 0 Å². The van der Waals surface area contributed by atoms with Gasteiger partial charge in [-0.3, -0.25) is 9.89 Å². The first kappa shape index (κ1) is 19.5. The Morgan fingerprint density at radius 2 is 1.83 bits per heavy atom. The number of nitrogens with zero attached hydrogens (tertiary/aromatic N) is 2. The van der Waals surface area contributed by atoms with Crippen molar-refractivity contribution in [3.05, 3.63) is 35.4 Å². The van der Waals surface area contributed by atoms with Crippen LogP contribution in [0, 0.1) is 6.92 Å². The third-order valence-electron chi connectivity index (χ3n) is 3.98. The smallest absolute Gasteiger partial charge is 0.191 e. The molecule has 1 rings (SSSR count). The number of aryl methyl sites for hydroxylation is 1. The zero-order chi connectivity index (χ0) is 17.2. The first-order valence-corrected chi connectivity index (χ1v) is 8.69. The summed E-state index contributed by atoms with van der Waals surface area (Å²) in [5, 5.41) is 6.77. The molecule has 0 saturated carbocycles. The van der Waals surface area contributed by atoms with Gasteiger partial charge in [-0.1, -0.05) is 29.8 Å². The molecule has 0 unspecified atom stereocenters. The summed E-state index contributed by atoms with van der Waals surface area (Å²) in [7, 11) is 1.82. The van der Waals surface area contributed by atoms with Crippen LogP contribution >= 0.6 is 0 Å². The van der Waals surface area contributed by atoms with Gasteiger partial charge in [-0.15, -0.1) is 0 Å². The monoisotopic (exact) mass is 318 g/mol. The van der Waals surface area contributed by atoms with E-state index in [1.807, 2.05) is 7.05 Å². The Labute approximate surface area is 142 Å². The van der Waals surface area contributed by atoms with Gasteiger partial charge in [0.1, 0.15) is 0 Å². The van der Waals surface area contributed by atoms with Crippen molar-refractivity contribution >= 4 is 5.96 Å². The third kappa shape index (κ3) is 7.51. The lowest BCUT2D eigenvalue weighted by Crippen LogP contribution is -2.41. The zero-order valence-electron chi connectivity index (χ0n) is 15.7. The van der Waals surface area contributed by atoms with Gasteiger partial charge >= 0.3 is 0 Å². The summed E-state index contributed by atoms with van der Waals surface area (Å²) in [6, 6.07) is 9.73. The van der Waals surface area contributed by atoms with E-state index in [0.29, 0.717) is 12.1 Å². The molecule has 0 heterocycles. The van der Waals surface area contributed by atoms with Crippen LogP contribution in [0.5, 0.6) is 0 Å². The van der Waals surface area contributed by atoms with Gasteiger partial charge in [0.25, 0.3) is 0 Å². The average Bonchev–Trinajstić information content (AvgIpc) is 2.49. The van der Waals surface area contributed by atoms with E-state index in [1.165, 1.54) is 11.1 Å². The van der Waals surface area contributed by atoms with Crippen molar-refractivity contribution in [2.24, 2.45) is 4.99 Å². The second-order valence-corrected chi connectivity index (χ2v) is 6.62. The predicted molar refractivity (Wildman–Crippen MR) is 101 cm³/mol. The summed E-state index contributed by atoms with van der Waals surface area (Å²) >= 11 is 0. The van der Waals surface area contributed by atoms with E-state index in [2.05, 4.69) is 79.4 Å². The number of guanidine groups is 1. The molecule has 1 aromatic rings. The van der Waals surface area contributed by atoms with Gasteiger partial charge < -0.3 is 10.6 Å². The normalized spacial score (nSPS) is 12.3. The highest BCUT2D eigenvalue weighted by Crippen LogP contribution is 2.05. The molecule has 0 aliphatic rings. The summed E-state index contributed by atoms with van der Waals surface area (Å²) in [5.74, 6) is 0.868. The van der Waals surface area contributed by atoms with E-state index >= 15 is 0 Å². The van der Waals surface area contributed by atoms with Crippen LogP contribution in [0.25, 0.3) is 0 Å². The molecule has 0 fully saturated rings. The summed E-state index contributed by atoms with van der Waals surface area (Å²) in [6.45, 7) is 14.0. The number of nitrogens with one attached hydrogen (secondary N) is 2. The Hall–Kier alpha value is -1.55. The minimum atomic E-state index is 0.591. The highest BCUT2D eigenvalue weighted by atomic mass is 15.2. The molecule has 0 spiro atoms. The minimum absolute atomic E-state index is 0.591. The number of aliphatic imine (C=N–C) groups is 1. The van der Waals surface area contributed by atoms with Crippen LogP contribution in [0.3, 0.4) is 0 Å². The molecule has 23 heavy (non-hydrogen) atoms. The van der Waals surface area contributed by atoms with Crippen LogP contribution in [0.2, 0.25) is 0 Å². The van der Waals surface area contributed by atoms with Crippen LogP contribution in [0.1, 0.15) is 45.2 Å². The number of benzene rings is 1. The molecule has 0 aromatic heterocycles. The minimum Gasteiger partial charge on any atom is -0.356 e. The highest BCUT2D eigenvalue weighted by molar-refractivity contribution is 5.79. The predicted octanol–water partition coefficient (Wildman–Crippen LogP) is 3.17. The molecule has 130 valence electrons. The Morgan fingerprint density at radius 1 is 1.13 bits per heavy atom. The molecule has 0 aliphatic heterocycles. The summed E-state index contributed by atoms with van der Waals surface area (Å²) in [4.78, 5) is 6.81. The fourth-order valence-corrected chi connectivity index (χ4v) is 2.81. The van der Waals surface area contributed by atoms with E-state index in [-0.39, 0.29) is 0 Å². The van der Waals surface area contributed by atoms with Gasteiger partial charge in [0.05, 0.1) is 0 Å². The molecular formula is C19H34N4. The van der Waals surface area contributed by atoms with Gasteiger partial charge in [0.15, 0.2) is 5.96 Å². The first-order chi connectivity index (χ1) is 10.9. The fourth-order valence-electron chi connectivity index (χ4n) is 2.81. The summed E-state index contributed by atoms with van der Waals surface area (Å²) in [5.41, 5.74) is 2.56. The molecule has 2 N–H and O–H groups in total. The lowest BCUT2D eigenvalue weighted by molar-refractivity contribution is 0.173. The van der Waals surface area contributed by atoms with Crippen LogP contribution in [-0.4, -0.2) is 43.1 Å². The Kier molecular flexibility index (Phi) is 8.70. The van der Waals surface area contributed by atoms with E-state index in [1.54, 1.807) is 0 Å². The molecular weight excluding hydrogens is 284 g/mol. The average molecular weight is 319 g/mol. The zero-order valence-corrected chi connectivity index (χ0v) is 15.7. The highest BCUT2D eigenvalue weighted by Gasteiger charge is 2.12. The number of rotatable bonds is 8. The van der Waals surface area contributed by atoms with E-state index in [9.17, 15) is 0 Å². The standard InChI is InChI=1S/C19H34N4/c1-15(2)23(16(3)4)12-8-11-21-19(20-6)22-14-18-10-7-9-17(5)13-18/h7,9-10,13,15-16H,8,11-12,14H2,1-6H3,(H2,20,21,22). The molecule has 0 saturated heterocycles. The molecule has 0 amide bonds. The molecule has 1 aromatic carbocycles. The van der Waals surface area contributed by atoms with Crippen LogP contribution in [0.15, 0.2) is 29.3 Å². The second kappa shape index (κ2) is 10.3. The van der Waals surface area contributed by atoms with E-state index in [4.69, 9.17) is 0 Å². The SMILES string of the molecule is CN=C(NCCCN(C(C)C)C(C)C)NCc1cccc(C)c1. The van der Waals surface area contributed by atoms with Crippen molar-refractivity contribution < 1.29 is 0 Å². The lowest BCUT2D eigenvalue weighted by Gasteiger charge is -2.30. The van der Waals surface area contributed by atoms with Crippen LogP contribution < -0.4 is 10.6 Å². The maximum atomic E-state index is 4.29. The van der Waals surface area contributed by atoms with Crippen molar-refractivity contribution in [1.82, 2.24) is 15.5 Å². The molecule has 0 atom stereocenters. The Bertz CT molecular complexity index is 472. The van der Waals surface area contributed by atoms with Crippen LogP contribution in [0.4, 0.5) is 0 Å². The second-order valence-electron chi connectivity index (χ2n) is 6.62. The van der Waals surface area contributed by atoms with Gasteiger partial charge in [-0.25, -0.2) is 0 Å². The Balaban J connectivity index is 2.32. The molecule has 0 radical (unpaired) electrons. The molecule has 0 bridgehead atoms. The maximum absolute atomic E-state index is 4.29.